The van der Waals surface area contributed by atoms with E-state index in [1.54, 1.807) is 6.07 Å². The second kappa shape index (κ2) is 13.2. The van der Waals surface area contributed by atoms with Crippen molar-refractivity contribution in [1.82, 2.24) is 0 Å². The molecule has 0 saturated heterocycles. The molecule has 1 aromatic carbocycles. The normalized spacial score (nSPS) is 11.2. The summed E-state index contributed by atoms with van der Waals surface area (Å²) in [6.45, 7) is 2.23. The van der Waals surface area contributed by atoms with Crippen molar-refractivity contribution in [1.29, 1.82) is 0 Å². The average molecular weight is 364 g/mol. The van der Waals surface area contributed by atoms with Gasteiger partial charge in [-0.1, -0.05) is 70.8 Å². The quantitative estimate of drug-likeness (QED) is 0.348. The van der Waals surface area contributed by atoms with Gasteiger partial charge in [0.05, 0.1) is 4.90 Å². The predicted octanol–water partition coefficient (Wildman–Crippen LogP) is 1.76. The SMILES string of the molecule is CCCCCCCCCCCCc1ccc(O)c(S(=O)(=O)[O-])c1.[Na+]. The van der Waals surface area contributed by atoms with Gasteiger partial charge in [0.2, 0.25) is 0 Å². The summed E-state index contributed by atoms with van der Waals surface area (Å²) in [7, 11) is -4.61. The van der Waals surface area contributed by atoms with Gasteiger partial charge in [-0.2, -0.15) is 0 Å². The molecule has 6 heteroatoms. The first kappa shape index (κ1) is 23.9. The molecule has 0 spiro atoms. The molecule has 1 aromatic rings. The number of unbranched alkanes of at least 4 members (excludes halogenated alkanes) is 9. The summed E-state index contributed by atoms with van der Waals surface area (Å²) in [5.41, 5.74) is 0.789. The minimum absolute atomic E-state index is 0. The monoisotopic (exact) mass is 364 g/mol. The first-order valence-corrected chi connectivity index (χ1v) is 10.1. The van der Waals surface area contributed by atoms with E-state index in [0.717, 1.165) is 24.8 Å². The summed E-state index contributed by atoms with van der Waals surface area (Å²) < 4.78 is 33.1. The third-order valence-electron chi connectivity index (χ3n) is 4.11. The summed E-state index contributed by atoms with van der Waals surface area (Å²) in [5.74, 6) is -0.466. The number of hydrogen-bond donors (Lipinski definition) is 1. The van der Waals surface area contributed by atoms with E-state index >= 15 is 0 Å². The molecule has 24 heavy (non-hydrogen) atoms. The fraction of sp³-hybridized carbons (Fsp3) is 0.667. The Balaban J connectivity index is 0.00000529. The van der Waals surface area contributed by atoms with Crippen LogP contribution in [0.1, 0.15) is 76.7 Å². The molecule has 0 saturated carbocycles. The Morgan fingerprint density at radius 2 is 1.42 bits per heavy atom. The predicted molar refractivity (Wildman–Crippen MR) is 91.6 cm³/mol. The van der Waals surface area contributed by atoms with Crippen molar-refractivity contribution in [3.8, 4) is 5.75 Å². The van der Waals surface area contributed by atoms with E-state index in [-0.39, 0.29) is 29.6 Å². The zero-order valence-corrected chi connectivity index (χ0v) is 17.9. The number of phenols is 1. The van der Waals surface area contributed by atoms with E-state index in [1.807, 2.05) is 0 Å². The maximum absolute atomic E-state index is 11.0. The van der Waals surface area contributed by atoms with Gasteiger partial charge in [-0.25, -0.2) is 8.42 Å². The Labute approximate surface area is 169 Å². The number of rotatable bonds is 12. The Morgan fingerprint density at radius 3 is 1.92 bits per heavy atom. The van der Waals surface area contributed by atoms with Crippen LogP contribution in [0.25, 0.3) is 0 Å². The summed E-state index contributed by atoms with van der Waals surface area (Å²) in [5, 5.41) is 9.44. The van der Waals surface area contributed by atoms with Crippen LogP contribution >= 0.6 is 0 Å². The zero-order chi connectivity index (χ0) is 17.1. The molecule has 0 fully saturated rings. The van der Waals surface area contributed by atoms with Gasteiger partial charge in [-0.05, 0) is 30.5 Å². The molecule has 1 rings (SSSR count). The third-order valence-corrected chi connectivity index (χ3v) is 4.98. The van der Waals surface area contributed by atoms with E-state index in [2.05, 4.69) is 6.92 Å². The van der Waals surface area contributed by atoms with Crippen LogP contribution < -0.4 is 29.6 Å². The first-order chi connectivity index (χ1) is 10.9. The molecule has 0 radical (unpaired) electrons. The summed E-state index contributed by atoms with van der Waals surface area (Å²) >= 11 is 0. The molecule has 4 nitrogen and oxygen atoms in total. The van der Waals surface area contributed by atoms with Crippen LogP contribution in [0.3, 0.4) is 0 Å². The molecule has 0 unspecified atom stereocenters. The van der Waals surface area contributed by atoms with Gasteiger partial charge in [0, 0.05) is 0 Å². The summed E-state index contributed by atoms with van der Waals surface area (Å²) in [6.07, 6.45) is 13.2. The number of phenolic OH excluding ortho intramolecular Hbond substituents is 1. The van der Waals surface area contributed by atoms with Gasteiger partial charge >= 0.3 is 29.6 Å². The summed E-state index contributed by atoms with van der Waals surface area (Å²) in [4.78, 5) is -0.512. The Morgan fingerprint density at radius 1 is 0.917 bits per heavy atom. The molecule has 0 aliphatic rings. The van der Waals surface area contributed by atoms with Crippen molar-refractivity contribution in [2.45, 2.75) is 82.4 Å². The minimum atomic E-state index is -4.61. The van der Waals surface area contributed by atoms with Crippen molar-refractivity contribution in [2.24, 2.45) is 0 Å². The molecule has 0 aliphatic carbocycles. The van der Waals surface area contributed by atoms with Crippen molar-refractivity contribution < 1.29 is 47.6 Å². The first-order valence-electron chi connectivity index (χ1n) is 8.73. The second-order valence-corrected chi connectivity index (χ2v) is 7.54. The smallest absolute Gasteiger partial charge is 0.744 e. The Kier molecular flexibility index (Phi) is 13.1. The fourth-order valence-corrected chi connectivity index (χ4v) is 3.35. The van der Waals surface area contributed by atoms with E-state index in [4.69, 9.17) is 0 Å². The van der Waals surface area contributed by atoms with Crippen LogP contribution in [0, 0.1) is 0 Å². The molecule has 0 aliphatic heterocycles. The third kappa shape index (κ3) is 10.0. The zero-order valence-electron chi connectivity index (χ0n) is 15.1. The van der Waals surface area contributed by atoms with E-state index < -0.39 is 20.8 Å². The molecule has 0 bridgehead atoms. The average Bonchev–Trinajstić information content (AvgIpc) is 2.49. The number of benzene rings is 1. The van der Waals surface area contributed by atoms with Crippen LogP contribution in [-0.4, -0.2) is 18.1 Å². The topological polar surface area (TPSA) is 77.4 Å². The van der Waals surface area contributed by atoms with Crippen LogP contribution in [-0.2, 0) is 16.5 Å². The number of aromatic hydroxyl groups is 1. The molecular weight excluding hydrogens is 335 g/mol. The van der Waals surface area contributed by atoms with Crippen molar-refractivity contribution in [2.75, 3.05) is 0 Å². The van der Waals surface area contributed by atoms with Gasteiger partial charge < -0.3 is 9.66 Å². The Hall–Kier alpha value is -0.0700. The van der Waals surface area contributed by atoms with Gasteiger partial charge in [-0.3, -0.25) is 0 Å². The van der Waals surface area contributed by atoms with Crippen molar-refractivity contribution in [3.63, 3.8) is 0 Å². The minimum Gasteiger partial charge on any atom is -0.744 e. The molecule has 0 amide bonds. The van der Waals surface area contributed by atoms with Crippen LogP contribution in [0.5, 0.6) is 5.75 Å². The van der Waals surface area contributed by atoms with Crippen molar-refractivity contribution >= 4 is 10.1 Å². The van der Waals surface area contributed by atoms with Crippen molar-refractivity contribution in [3.05, 3.63) is 23.8 Å². The Bertz CT molecular complexity index is 558. The van der Waals surface area contributed by atoms with Crippen LogP contribution in [0.15, 0.2) is 23.1 Å². The van der Waals surface area contributed by atoms with Gasteiger partial charge in [-0.15, -0.1) is 0 Å². The fourth-order valence-electron chi connectivity index (χ4n) is 2.73. The van der Waals surface area contributed by atoms with Crippen LogP contribution in [0.4, 0.5) is 0 Å². The van der Waals surface area contributed by atoms with E-state index in [1.165, 1.54) is 63.5 Å². The van der Waals surface area contributed by atoms with Crippen LogP contribution in [0.2, 0.25) is 0 Å². The van der Waals surface area contributed by atoms with E-state index in [9.17, 15) is 18.1 Å². The second-order valence-electron chi connectivity index (χ2n) is 6.19. The molecule has 1 N–H and O–H groups in total. The molecule has 0 atom stereocenters. The number of aryl methyl sites for hydroxylation is 1. The maximum Gasteiger partial charge on any atom is 1.00 e. The molecule has 0 heterocycles. The largest absolute Gasteiger partial charge is 1.00 e. The van der Waals surface area contributed by atoms with Gasteiger partial charge in [0.25, 0.3) is 0 Å². The van der Waals surface area contributed by atoms with E-state index in [0.29, 0.717) is 0 Å². The molecule has 132 valence electrons. The summed E-state index contributed by atoms with van der Waals surface area (Å²) in [6, 6.07) is 4.26. The number of hydrogen-bond acceptors (Lipinski definition) is 4. The standard InChI is InChI=1S/C18H30O4S.Na/c1-2-3-4-5-6-7-8-9-10-11-12-16-13-14-17(19)18(15-16)23(20,21)22;/h13-15,19H,2-12H2,1H3,(H,20,21,22);/q;+1/p-1. The molecule has 0 aromatic heterocycles. The van der Waals surface area contributed by atoms with Gasteiger partial charge in [0.15, 0.2) is 0 Å². The van der Waals surface area contributed by atoms with Gasteiger partial charge in [0.1, 0.15) is 15.9 Å². The molecular formula is C18H29NaO4S. The maximum atomic E-state index is 11.0.